The second kappa shape index (κ2) is 9.83. The molecular formula is C45H34N4. The molecule has 4 nitrogen and oxygen atoms in total. The Balaban J connectivity index is 1.44. The monoisotopic (exact) mass is 630 g/mol. The quantitative estimate of drug-likeness (QED) is 0.195. The summed E-state index contributed by atoms with van der Waals surface area (Å²) in [6, 6.07) is 47.3. The van der Waals surface area contributed by atoms with Gasteiger partial charge >= 0.3 is 0 Å². The van der Waals surface area contributed by atoms with Gasteiger partial charge < -0.3 is 0 Å². The molecule has 0 N–H and O–H groups in total. The summed E-state index contributed by atoms with van der Waals surface area (Å²) in [5.74, 6) is 1.93. The maximum atomic E-state index is 5.30. The van der Waals surface area contributed by atoms with E-state index in [1.54, 1.807) is 0 Å². The van der Waals surface area contributed by atoms with Gasteiger partial charge in [0.05, 0.1) is 11.0 Å². The van der Waals surface area contributed by atoms with Crippen LogP contribution in [0.2, 0.25) is 0 Å². The molecule has 10 rings (SSSR count). The first kappa shape index (κ1) is 28.2. The fourth-order valence-corrected chi connectivity index (χ4v) is 8.87. The Morgan fingerprint density at radius 1 is 0.469 bits per heavy atom. The first-order valence-corrected chi connectivity index (χ1v) is 17.1. The summed E-state index contributed by atoms with van der Waals surface area (Å²) in [7, 11) is 0. The van der Waals surface area contributed by atoms with E-state index in [2.05, 4.69) is 129 Å². The zero-order chi connectivity index (χ0) is 33.1. The van der Waals surface area contributed by atoms with Crippen LogP contribution in [0.4, 0.5) is 0 Å². The highest BCUT2D eigenvalue weighted by Crippen LogP contribution is 2.63. The molecule has 0 bridgehead atoms. The van der Waals surface area contributed by atoms with Crippen molar-refractivity contribution in [3.05, 3.63) is 156 Å². The standard InChI is InChI=1S/C45H34N4/c1-44(2)32-24-14-11-21-29(32)35-38-36(30-22-12-15-25-33(30)45(38,3)4)40-37(39(35)44)31-23-13-16-26-34(31)49(40)43-47-41(27-17-7-5-8-18-27)46-42(48-43)28-19-9-6-10-20-28/h5-26H,1-4H3. The van der Waals surface area contributed by atoms with Crippen LogP contribution in [-0.4, -0.2) is 19.5 Å². The molecule has 0 spiro atoms. The third-order valence-corrected chi connectivity index (χ3v) is 11.0. The van der Waals surface area contributed by atoms with Gasteiger partial charge in [-0.15, -0.1) is 0 Å². The molecule has 0 saturated carbocycles. The summed E-state index contributed by atoms with van der Waals surface area (Å²) in [6.45, 7) is 9.59. The van der Waals surface area contributed by atoms with Crippen molar-refractivity contribution in [2.45, 2.75) is 38.5 Å². The second-order valence-corrected chi connectivity index (χ2v) is 14.4. The molecule has 0 radical (unpaired) electrons. The van der Waals surface area contributed by atoms with Crippen LogP contribution in [0, 0.1) is 0 Å². The van der Waals surface area contributed by atoms with Gasteiger partial charge in [0.15, 0.2) is 11.6 Å². The molecule has 0 aliphatic heterocycles. The van der Waals surface area contributed by atoms with Gasteiger partial charge in [-0.3, -0.25) is 4.57 Å². The zero-order valence-electron chi connectivity index (χ0n) is 28.0. The molecule has 8 aromatic rings. The third-order valence-electron chi connectivity index (χ3n) is 11.0. The number of benzene rings is 6. The summed E-state index contributed by atoms with van der Waals surface area (Å²) in [5, 5.41) is 2.49. The van der Waals surface area contributed by atoms with Crippen LogP contribution in [-0.2, 0) is 10.8 Å². The van der Waals surface area contributed by atoms with E-state index in [9.17, 15) is 0 Å². The predicted octanol–water partition coefficient (Wildman–Crippen LogP) is 10.9. The fourth-order valence-electron chi connectivity index (χ4n) is 8.87. The van der Waals surface area contributed by atoms with Gasteiger partial charge in [0.1, 0.15) is 0 Å². The third kappa shape index (κ3) is 3.72. The van der Waals surface area contributed by atoms with Crippen LogP contribution < -0.4 is 0 Å². The Bertz CT molecular complexity index is 2590. The van der Waals surface area contributed by atoms with E-state index in [1.807, 2.05) is 36.4 Å². The molecule has 0 unspecified atom stereocenters. The maximum absolute atomic E-state index is 5.30. The highest BCUT2D eigenvalue weighted by molar-refractivity contribution is 6.21. The molecule has 4 heteroatoms. The van der Waals surface area contributed by atoms with Crippen molar-refractivity contribution in [2.24, 2.45) is 0 Å². The van der Waals surface area contributed by atoms with Crippen LogP contribution in [0.1, 0.15) is 49.9 Å². The summed E-state index contributed by atoms with van der Waals surface area (Å²) in [4.78, 5) is 15.6. The lowest BCUT2D eigenvalue weighted by atomic mass is 9.75. The Morgan fingerprint density at radius 3 is 1.57 bits per heavy atom. The Hall–Kier alpha value is -5.87. The molecule has 0 fully saturated rings. The number of hydrogen-bond donors (Lipinski definition) is 0. The van der Waals surface area contributed by atoms with Crippen molar-refractivity contribution in [1.29, 1.82) is 0 Å². The molecule has 0 saturated heterocycles. The van der Waals surface area contributed by atoms with Crippen molar-refractivity contribution in [3.63, 3.8) is 0 Å². The molecule has 2 heterocycles. The number of aromatic nitrogens is 4. The van der Waals surface area contributed by atoms with Crippen LogP contribution in [0.5, 0.6) is 0 Å². The van der Waals surface area contributed by atoms with Crippen LogP contribution in [0.25, 0.3) is 72.8 Å². The number of nitrogens with zero attached hydrogens (tertiary/aromatic N) is 4. The summed E-state index contributed by atoms with van der Waals surface area (Å²) in [6.07, 6.45) is 0. The number of para-hydroxylation sites is 1. The summed E-state index contributed by atoms with van der Waals surface area (Å²) in [5.41, 5.74) is 14.5. The molecule has 6 aromatic carbocycles. The van der Waals surface area contributed by atoms with E-state index in [1.165, 1.54) is 55.3 Å². The van der Waals surface area contributed by atoms with Gasteiger partial charge in [-0.1, -0.05) is 155 Å². The van der Waals surface area contributed by atoms with Crippen molar-refractivity contribution in [1.82, 2.24) is 19.5 Å². The molecule has 49 heavy (non-hydrogen) atoms. The first-order valence-electron chi connectivity index (χ1n) is 17.1. The van der Waals surface area contributed by atoms with Gasteiger partial charge in [-0.25, -0.2) is 4.98 Å². The van der Waals surface area contributed by atoms with E-state index in [-0.39, 0.29) is 10.8 Å². The molecule has 234 valence electrons. The molecule has 2 aromatic heterocycles. The first-order chi connectivity index (χ1) is 23.9. The fraction of sp³-hybridized carbons (Fsp3) is 0.133. The topological polar surface area (TPSA) is 43.6 Å². The van der Waals surface area contributed by atoms with E-state index in [4.69, 9.17) is 15.0 Å². The van der Waals surface area contributed by atoms with E-state index in [0.717, 1.165) is 22.2 Å². The lowest BCUT2D eigenvalue weighted by molar-refractivity contribution is 0.651. The summed E-state index contributed by atoms with van der Waals surface area (Å²) >= 11 is 0. The maximum Gasteiger partial charge on any atom is 0.238 e. The normalized spacial score (nSPS) is 14.9. The molecule has 2 aliphatic carbocycles. The SMILES string of the molecule is CC1(C)c2ccccc2-c2c1c1c(c3c4ccccc4n(-c4nc(-c5ccccc5)nc(-c5ccccc5)n4)c23)C(C)(C)c2ccccc2-1. The van der Waals surface area contributed by atoms with E-state index in [0.29, 0.717) is 17.6 Å². The molecule has 0 atom stereocenters. The minimum atomic E-state index is -0.220. The van der Waals surface area contributed by atoms with Gasteiger partial charge in [0, 0.05) is 38.3 Å². The highest BCUT2D eigenvalue weighted by Gasteiger charge is 2.47. The van der Waals surface area contributed by atoms with Gasteiger partial charge in [0.25, 0.3) is 0 Å². The molecule has 0 amide bonds. The van der Waals surface area contributed by atoms with Gasteiger partial charge in [0.2, 0.25) is 5.95 Å². The van der Waals surface area contributed by atoms with Crippen LogP contribution in [0.15, 0.2) is 133 Å². The minimum absolute atomic E-state index is 0.220. The lowest BCUT2D eigenvalue weighted by Gasteiger charge is -2.27. The number of fused-ring (bicyclic) bond motifs is 12. The van der Waals surface area contributed by atoms with E-state index < -0.39 is 0 Å². The average molecular weight is 631 g/mol. The largest absolute Gasteiger partial charge is 0.277 e. The van der Waals surface area contributed by atoms with Crippen molar-refractivity contribution in [3.8, 4) is 51.0 Å². The lowest BCUT2D eigenvalue weighted by Crippen LogP contribution is -2.19. The van der Waals surface area contributed by atoms with Gasteiger partial charge in [-0.2, -0.15) is 9.97 Å². The van der Waals surface area contributed by atoms with Crippen molar-refractivity contribution in [2.75, 3.05) is 0 Å². The molecule has 2 aliphatic rings. The number of rotatable bonds is 3. The van der Waals surface area contributed by atoms with Crippen molar-refractivity contribution >= 4 is 21.8 Å². The van der Waals surface area contributed by atoms with Gasteiger partial charge in [-0.05, 0) is 45.0 Å². The smallest absolute Gasteiger partial charge is 0.238 e. The predicted molar refractivity (Wildman–Crippen MR) is 200 cm³/mol. The Labute approximate surface area is 285 Å². The van der Waals surface area contributed by atoms with Crippen LogP contribution >= 0.6 is 0 Å². The van der Waals surface area contributed by atoms with Crippen molar-refractivity contribution < 1.29 is 0 Å². The zero-order valence-corrected chi connectivity index (χ0v) is 28.0. The molecular weight excluding hydrogens is 597 g/mol. The highest BCUT2D eigenvalue weighted by atomic mass is 15.2. The Morgan fingerprint density at radius 2 is 0.959 bits per heavy atom. The van der Waals surface area contributed by atoms with E-state index >= 15 is 0 Å². The minimum Gasteiger partial charge on any atom is -0.277 e. The van der Waals surface area contributed by atoms with Crippen LogP contribution in [0.3, 0.4) is 0 Å². The average Bonchev–Trinajstić information content (AvgIpc) is 3.69. The number of hydrogen-bond acceptors (Lipinski definition) is 3. The Kier molecular flexibility index (Phi) is 5.65. The second-order valence-electron chi connectivity index (χ2n) is 14.4. The summed E-state index contributed by atoms with van der Waals surface area (Å²) < 4.78 is 2.33.